The van der Waals surface area contributed by atoms with Crippen LogP contribution >= 0.6 is 0 Å². The van der Waals surface area contributed by atoms with Gasteiger partial charge < -0.3 is 35.0 Å². The summed E-state index contributed by atoms with van der Waals surface area (Å²) in [6, 6.07) is 0. The lowest BCUT2D eigenvalue weighted by molar-refractivity contribution is -0.297. The van der Waals surface area contributed by atoms with E-state index in [1.54, 1.807) is 0 Å². The van der Waals surface area contributed by atoms with Crippen molar-refractivity contribution in [2.24, 2.45) is 0 Å². The first-order chi connectivity index (χ1) is 7.11. The molecule has 0 amide bonds. The summed E-state index contributed by atoms with van der Waals surface area (Å²) in [5, 5.41) is 40.7. The van der Waals surface area contributed by atoms with Crippen molar-refractivity contribution in [2.75, 3.05) is 20.0 Å². The topological polar surface area (TPSA) is 120 Å². The highest BCUT2D eigenvalue weighted by Gasteiger charge is 2.54. The van der Waals surface area contributed by atoms with E-state index < -0.39 is 44.1 Å². The van der Waals surface area contributed by atoms with Crippen LogP contribution < -0.4 is 0 Å². The van der Waals surface area contributed by atoms with Gasteiger partial charge in [-0.15, -0.1) is 0 Å². The predicted octanol–water partition coefficient (Wildman–Crippen LogP) is -3.25. The monoisotopic (exact) mass is 212 g/mol. The van der Waals surface area contributed by atoms with Gasteiger partial charge in [0, 0.05) is 0 Å². The van der Waals surface area contributed by atoms with Gasteiger partial charge in [-0.25, -0.2) is 0 Å². The molecule has 0 spiro atoms. The Morgan fingerprint density at radius 2 is 2.14 bits per heavy atom. The largest absolute Gasteiger partial charge is 0.394 e. The zero-order chi connectivity index (χ0) is 11.5. The van der Waals surface area contributed by atoms with Crippen LogP contribution in [-0.2, 0) is 9.47 Å². The molecule has 0 aliphatic carbocycles. The van der Waals surface area contributed by atoms with Gasteiger partial charge in [-0.05, 0) is 0 Å². The lowest BCUT2D eigenvalue weighted by Gasteiger charge is -2.28. The van der Waals surface area contributed by atoms with Crippen LogP contribution in [0, 0.1) is 0 Å². The van der Waals surface area contributed by atoms with E-state index in [-0.39, 0.29) is 0 Å². The third kappa shape index (κ3) is 1.75. The molecule has 4 atom stereocenters. The lowest BCUT2D eigenvalue weighted by atomic mass is 10.1. The Hall–Kier alpha value is -0.280. The normalized spacial score (nSPS) is 44.0. The van der Waals surface area contributed by atoms with E-state index in [1.165, 1.54) is 0 Å². The van der Waals surface area contributed by atoms with Crippen molar-refractivity contribution in [3.8, 4) is 0 Å². The molecule has 7 nitrogen and oxygen atoms in total. The van der Waals surface area contributed by atoms with Gasteiger partial charge in [0.1, 0.15) is 31.7 Å². The highest BCUT2D eigenvalue weighted by atomic mass is 16.8. The minimum atomic E-state index is -1.85. The molecule has 1 rings (SSSR count). The molecule has 0 bridgehead atoms. The van der Waals surface area contributed by atoms with Crippen LogP contribution in [0.1, 0.15) is 0 Å². The second kappa shape index (κ2) is 4.49. The molecule has 0 radical (unpaired) electrons. The van der Waals surface area contributed by atoms with Gasteiger partial charge >= 0.3 is 0 Å². The number of aliphatic hydroxyl groups is 5. The molecule has 7 heteroatoms. The first kappa shape index (κ1) is 10.2. The maximum absolute atomic E-state index is 9.55. The van der Waals surface area contributed by atoms with E-state index in [2.05, 4.69) is 5.11 Å². The number of ether oxygens (including phenoxy) is 2. The van der Waals surface area contributed by atoms with Crippen molar-refractivity contribution < 1.29 is 35.0 Å². The summed E-state index contributed by atoms with van der Waals surface area (Å²) in [6.07, 6.45) is -3.93. The molecule has 0 aromatic rings. The minimum absolute atomic E-state index is 0.523. The Kier molecular flexibility index (Phi) is 3.29. The Labute approximate surface area is 81.6 Å². The van der Waals surface area contributed by atoms with E-state index in [1.807, 2.05) is 0 Å². The van der Waals surface area contributed by atoms with Crippen LogP contribution in [0.2, 0.25) is 0 Å². The fourth-order valence-corrected chi connectivity index (χ4v) is 1.40. The summed E-state index contributed by atoms with van der Waals surface area (Å²) in [4.78, 5) is 0. The van der Waals surface area contributed by atoms with Gasteiger partial charge in [0.2, 0.25) is 7.22 Å². The molecular weight excluding hydrogens is 196 g/mol. The van der Waals surface area contributed by atoms with E-state index in [0.717, 1.165) is 0 Å². The predicted molar refractivity (Wildman–Crippen MR) is 42.0 cm³/mol. The second-order valence-electron chi connectivity index (χ2n) is 3.01. The summed E-state index contributed by atoms with van der Waals surface area (Å²) in [7, 11) is 0. The molecule has 0 aromatic heterocycles. The van der Waals surface area contributed by atoms with Gasteiger partial charge in [-0.2, -0.15) is 0 Å². The number of hydrogen-bond acceptors (Lipinski definition) is 7. The summed E-state index contributed by atoms with van der Waals surface area (Å²) in [6.45, 7) is -1.79. The molecule has 0 saturated carbocycles. The highest BCUT2D eigenvalue weighted by molar-refractivity contribution is 4.96. The van der Waals surface area contributed by atoms with Crippen LogP contribution in [0.25, 0.3) is 0 Å². The maximum atomic E-state index is 9.55. The van der Waals surface area contributed by atoms with Gasteiger partial charge in [0.15, 0.2) is 0 Å². The fraction of sp³-hybridized carbons (Fsp3) is 1.00. The molecule has 1 heterocycles. The van der Waals surface area contributed by atoms with Crippen molar-refractivity contribution in [1.29, 1.82) is 1.43 Å². The number of hydrogen-bond donors (Lipinski definition) is 5. The van der Waals surface area contributed by atoms with Gasteiger partial charge in [0.05, 0.1) is 6.61 Å². The van der Waals surface area contributed by atoms with Crippen molar-refractivity contribution in [1.82, 2.24) is 0 Å². The Morgan fingerprint density at radius 3 is 2.57 bits per heavy atom. The van der Waals surface area contributed by atoms with Crippen molar-refractivity contribution in [3.05, 3.63) is 0 Å². The van der Waals surface area contributed by atoms with E-state index in [9.17, 15) is 10.2 Å². The zero-order valence-corrected chi connectivity index (χ0v) is 7.37. The average molecular weight is 212 g/mol. The minimum Gasteiger partial charge on any atom is -0.394 e. The van der Waals surface area contributed by atoms with E-state index >= 15 is 0 Å². The SMILES string of the molecule is [3H]OCO[C@]1(CO)OC(CO)[C@@H](O)C1O. The standard InChI is InChI=1S/C7H14O7/c8-1-4-5(11)6(12)7(2-9,14-4)13-3-10/h4-6,8-12H,1-3H2/t4?,5-,6?,7-/m1/s1/i10T. The number of rotatable bonds is 5. The summed E-state index contributed by atoms with van der Waals surface area (Å²) < 4.78 is 16.2. The Morgan fingerprint density at radius 1 is 1.43 bits per heavy atom. The van der Waals surface area contributed by atoms with Gasteiger partial charge in [-0.1, -0.05) is 0 Å². The summed E-state index contributed by atoms with van der Waals surface area (Å²) >= 11 is 0. The summed E-state index contributed by atoms with van der Waals surface area (Å²) in [5.41, 5.74) is 0. The first-order valence-electron chi connectivity index (χ1n) is 4.50. The molecule has 84 valence electrons. The van der Waals surface area contributed by atoms with Gasteiger partial charge in [-0.3, -0.25) is 0 Å². The fourth-order valence-electron chi connectivity index (χ4n) is 1.40. The highest BCUT2D eigenvalue weighted by Crippen LogP contribution is 2.31. The quantitative estimate of drug-likeness (QED) is 0.304. The van der Waals surface area contributed by atoms with Crippen LogP contribution in [0.15, 0.2) is 0 Å². The Bertz CT molecular complexity index is 204. The molecule has 1 aliphatic rings. The lowest BCUT2D eigenvalue weighted by Crippen LogP contribution is -2.48. The maximum Gasteiger partial charge on any atom is 0.223 e. The zero-order valence-electron chi connectivity index (χ0n) is 8.37. The molecule has 0 aromatic carbocycles. The van der Waals surface area contributed by atoms with Crippen LogP contribution in [0.5, 0.6) is 0 Å². The van der Waals surface area contributed by atoms with E-state index in [0.29, 0.717) is 0 Å². The first-order valence-corrected chi connectivity index (χ1v) is 4.09. The van der Waals surface area contributed by atoms with Crippen LogP contribution in [0.4, 0.5) is 0 Å². The van der Waals surface area contributed by atoms with Crippen molar-refractivity contribution >= 4 is 0 Å². The second-order valence-corrected chi connectivity index (χ2v) is 3.01. The van der Waals surface area contributed by atoms with E-state index in [4.69, 9.17) is 21.1 Å². The Balaban J connectivity index is 2.72. The molecule has 2 unspecified atom stereocenters. The average Bonchev–Trinajstić information content (AvgIpc) is 2.51. The third-order valence-corrected chi connectivity index (χ3v) is 2.21. The molecule has 1 fully saturated rings. The molecule has 1 aliphatic heterocycles. The van der Waals surface area contributed by atoms with Crippen molar-refractivity contribution in [2.45, 2.75) is 24.1 Å². The van der Waals surface area contributed by atoms with Crippen LogP contribution in [0.3, 0.4) is 0 Å². The third-order valence-electron chi connectivity index (χ3n) is 2.21. The molecule has 14 heavy (non-hydrogen) atoms. The summed E-state index contributed by atoms with van der Waals surface area (Å²) in [5.74, 6) is -1.85. The molecule has 5 N–H and O–H groups in total. The van der Waals surface area contributed by atoms with Crippen molar-refractivity contribution in [3.63, 3.8) is 0 Å². The molecule has 1 saturated heterocycles. The van der Waals surface area contributed by atoms with Gasteiger partial charge in [0.25, 0.3) is 0 Å². The molecular formula is C7H14O7. The number of aliphatic hydroxyl groups excluding tert-OH is 5. The van der Waals surface area contributed by atoms with Crippen LogP contribution in [-0.4, -0.2) is 71.1 Å². The smallest absolute Gasteiger partial charge is 0.223 e.